The Morgan fingerprint density at radius 3 is 2.71 bits per heavy atom. The number of aromatic nitrogens is 4. The van der Waals surface area contributed by atoms with E-state index in [0.29, 0.717) is 6.04 Å². The van der Waals surface area contributed by atoms with Gasteiger partial charge >= 0.3 is 0 Å². The van der Waals surface area contributed by atoms with Gasteiger partial charge in [-0.25, -0.2) is 9.97 Å². The van der Waals surface area contributed by atoms with Crippen LogP contribution in [0.3, 0.4) is 0 Å². The highest BCUT2D eigenvalue weighted by Crippen LogP contribution is 2.40. The lowest BCUT2D eigenvalue weighted by atomic mass is 10.1. The number of fused-ring (bicyclic) bond motifs is 1. The molecule has 0 spiro atoms. The standard InChI is InChI=1S/C18H18N6OS2.ClH/c1-24(12-4-5-19-9-12)18-23-17-16(27-18)22-15(26-17)13-3-2-10(6-14(13)25)11-7-20-21-8-11;/h2-3,6-8,12,19,25H,4-5,9H2,1H3,(H,20,21);1H/t12-;/m1./s1. The Hall–Kier alpha value is -2.20. The fourth-order valence-electron chi connectivity index (χ4n) is 3.32. The van der Waals surface area contributed by atoms with Crippen molar-refractivity contribution < 1.29 is 5.11 Å². The molecule has 28 heavy (non-hydrogen) atoms. The second kappa shape index (κ2) is 7.67. The van der Waals surface area contributed by atoms with Crippen LogP contribution in [0, 0.1) is 0 Å². The highest BCUT2D eigenvalue weighted by atomic mass is 35.5. The predicted octanol–water partition coefficient (Wildman–Crippen LogP) is 3.74. The molecule has 1 aromatic carbocycles. The number of rotatable bonds is 4. The molecule has 0 radical (unpaired) electrons. The molecule has 4 aromatic rings. The van der Waals surface area contributed by atoms with Gasteiger partial charge in [-0.1, -0.05) is 28.7 Å². The topological polar surface area (TPSA) is 90.0 Å². The molecule has 0 unspecified atom stereocenters. The van der Waals surface area contributed by atoms with Gasteiger partial charge in [-0.2, -0.15) is 5.10 Å². The van der Waals surface area contributed by atoms with E-state index < -0.39 is 0 Å². The van der Waals surface area contributed by atoms with Gasteiger partial charge in [0.2, 0.25) is 0 Å². The number of hydrogen-bond acceptors (Lipinski definition) is 8. The summed E-state index contributed by atoms with van der Waals surface area (Å²) in [4.78, 5) is 13.6. The maximum atomic E-state index is 10.5. The van der Waals surface area contributed by atoms with E-state index in [1.165, 1.54) is 11.3 Å². The number of anilines is 1. The zero-order valence-electron chi connectivity index (χ0n) is 15.0. The molecule has 4 heterocycles. The number of hydrogen-bond donors (Lipinski definition) is 3. The number of nitrogens with one attached hydrogen (secondary N) is 2. The number of halogens is 1. The maximum absolute atomic E-state index is 10.5. The van der Waals surface area contributed by atoms with Crippen LogP contribution in [0.2, 0.25) is 0 Å². The Labute approximate surface area is 175 Å². The minimum Gasteiger partial charge on any atom is -0.507 e. The summed E-state index contributed by atoms with van der Waals surface area (Å²) >= 11 is 3.12. The number of benzene rings is 1. The zero-order valence-corrected chi connectivity index (χ0v) is 17.5. The van der Waals surface area contributed by atoms with Crippen LogP contribution >= 0.6 is 35.1 Å². The first kappa shape index (κ1) is 19.1. The van der Waals surface area contributed by atoms with Gasteiger partial charge < -0.3 is 15.3 Å². The first-order valence-electron chi connectivity index (χ1n) is 8.72. The minimum atomic E-state index is 0. The normalized spacial score (nSPS) is 16.4. The Kier molecular flexibility index (Phi) is 5.24. The summed E-state index contributed by atoms with van der Waals surface area (Å²) in [5, 5.41) is 22.4. The molecule has 1 fully saturated rings. The third-order valence-electron chi connectivity index (χ3n) is 4.91. The molecular weight excluding hydrogens is 416 g/mol. The van der Waals surface area contributed by atoms with Gasteiger partial charge in [0.25, 0.3) is 0 Å². The quantitative estimate of drug-likeness (QED) is 0.453. The van der Waals surface area contributed by atoms with Crippen molar-refractivity contribution in [1.29, 1.82) is 0 Å². The highest BCUT2D eigenvalue weighted by Gasteiger charge is 2.23. The van der Waals surface area contributed by atoms with Crippen molar-refractivity contribution in [3.63, 3.8) is 0 Å². The van der Waals surface area contributed by atoms with Crippen LogP contribution in [0.5, 0.6) is 5.75 Å². The van der Waals surface area contributed by atoms with Gasteiger partial charge in [0.15, 0.2) is 14.8 Å². The largest absolute Gasteiger partial charge is 0.507 e. The number of nitrogens with zero attached hydrogens (tertiary/aromatic N) is 4. The van der Waals surface area contributed by atoms with Crippen LogP contribution < -0.4 is 10.2 Å². The maximum Gasteiger partial charge on any atom is 0.188 e. The average molecular weight is 435 g/mol. The lowest BCUT2D eigenvalue weighted by molar-refractivity contribution is 0.477. The van der Waals surface area contributed by atoms with Crippen LogP contribution in [0.1, 0.15) is 6.42 Å². The van der Waals surface area contributed by atoms with Crippen LogP contribution in [0.25, 0.3) is 31.4 Å². The molecule has 1 aliphatic rings. The molecule has 5 rings (SSSR count). The van der Waals surface area contributed by atoms with Crippen molar-refractivity contribution in [3.05, 3.63) is 30.6 Å². The molecule has 1 aliphatic heterocycles. The van der Waals surface area contributed by atoms with E-state index in [2.05, 4.69) is 27.5 Å². The molecule has 3 N–H and O–H groups in total. The molecular formula is C18H19ClN6OS2. The van der Waals surface area contributed by atoms with E-state index in [9.17, 15) is 5.11 Å². The lowest BCUT2D eigenvalue weighted by Crippen LogP contribution is -2.33. The number of phenolic OH excluding ortho intramolecular Hbond substituents is 1. The molecule has 10 heteroatoms. The van der Waals surface area contributed by atoms with Crippen LogP contribution in [-0.2, 0) is 0 Å². The Balaban J connectivity index is 0.00000192. The van der Waals surface area contributed by atoms with E-state index in [0.717, 1.165) is 56.0 Å². The van der Waals surface area contributed by atoms with Gasteiger partial charge in [0, 0.05) is 31.4 Å². The molecule has 0 amide bonds. The molecule has 1 atom stereocenters. The van der Waals surface area contributed by atoms with Gasteiger partial charge in [-0.05, 0) is 30.7 Å². The smallest absolute Gasteiger partial charge is 0.188 e. The monoisotopic (exact) mass is 434 g/mol. The molecule has 1 saturated heterocycles. The summed E-state index contributed by atoms with van der Waals surface area (Å²) in [5.74, 6) is 0.212. The molecule has 3 aromatic heterocycles. The van der Waals surface area contributed by atoms with E-state index in [-0.39, 0.29) is 18.2 Å². The van der Waals surface area contributed by atoms with E-state index >= 15 is 0 Å². The second-order valence-corrected chi connectivity index (χ2v) is 8.54. The zero-order chi connectivity index (χ0) is 18.4. The van der Waals surface area contributed by atoms with Gasteiger partial charge in [-0.15, -0.1) is 12.4 Å². The van der Waals surface area contributed by atoms with Gasteiger partial charge in [-0.3, -0.25) is 5.10 Å². The van der Waals surface area contributed by atoms with Crippen molar-refractivity contribution in [2.24, 2.45) is 0 Å². The number of phenols is 1. The third-order valence-corrected chi connectivity index (χ3v) is 7.06. The average Bonchev–Trinajstić information content (AvgIpc) is 3.45. The van der Waals surface area contributed by atoms with E-state index in [4.69, 9.17) is 9.97 Å². The van der Waals surface area contributed by atoms with Crippen molar-refractivity contribution in [1.82, 2.24) is 25.5 Å². The highest BCUT2D eigenvalue weighted by molar-refractivity contribution is 7.29. The minimum absolute atomic E-state index is 0. The predicted molar refractivity (Wildman–Crippen MR) is 117 cm³/mol. The van der Waals surface area contributed by atoms with Crippen molar-refractivity contribution in [2.45, 2.75) is 12.5 Å². The first-order valence-corrected chi connectivity index (χ1v) is 10.4. The van der Waals surface area contributed by atoms with Crippen LogP contribution in [-0.4, -0.2) is 51.5 Å². The fraction of sp³-hybridized carbons (Fsp3) is 0.278. The summed E-state index contributed by atoms with van der Waals surface area (Å²) in [6.45, 7) is 2.06. The molecule has 0 aliphatic carbocycles. The number of thiazole rings is 2. The van der Waals surface area contributed by atoms with Crippen LogP contribution in [0.4, 0.5) is 5.13 Å². The summed E-state index contributed by atoms with van der Waals surface area (Å²) in [6, 6.07) is 6.10. The second-order valence-electron chi connectivity index (χ2n) is 6.60. The van der Waals surface area contributed by atoms with E-state index in [1.54, 1.807) is 29.8 Å². The molecule has 146 valence electrons. The fourth-order valence-corrected chi connectivity index (χ4v) is 5.43. The molecule has 7 nitrogen and oxygen atoms in total. The molecule has 0 bridgehead atoms. The SMILES string of the molecule is CN(c1nc2sc(-c3ccc(-c4cn[nH]c4)cc3O)nc2s1)[C@@H]1CCNC1.Cl. The summed E-state index contributed by atoms with van der Waals surface area (Å²) in [5.41, 5.74) is 2.58. The number of aromatic amines is 1. The number of aromatic hydroxyl groups is 1. The van der Waals surface area contributed by atoms with E-state index in [1.807, 2.05) is 12.1 Å². The number of H-pyrrole nitrogens is 1. The Morgan fingerprint density at radius 1 is 1.18 bits per heavy atom. The third kappa shape index (κ3) is 3.35. The summed E-state index contributed by atoms with van der Waals surface area (Å²) < 4.78 is 0. The van der Waals surface area contributed by atoms with Crippen molar-refractivity contribution >= 4 is 49.9 Å². The van der Waals surface area contributed by atoms with Crippen molar-refractivity contribution in [2.75, 3.05) is 25.0 Å². The number of likely N-dealkylation sites (N-methyl/N-ethyl adjacent to an activating group) is 1. The van der Waals surface area contributed by atoms with Gasteiger partial charge in [0.05, 0.1) is 11.8 Å². The Morgan fingerprint density at radius 2 is 2.04 bits per heavy atom. The Bertz CT molecular complexity index is 1060. The van der Waals surface area contributed by atoms with Crippen molar-refractivity contribution in [3.8, 4) is 27.4 Å². The summed E-state index contributed by atoms with van der Waals surface area (Å²) in [7, 11) is 2.10. The summed E-state index contributed by atoms with van der Waals surface area (Å²) in [6.07, 6.45) is 4.67. The first-order chi connectivity index (χ1) is 13.2. The van der Waals surface area contributed by atoms with Gasteiger partial charge in [0.1, 0.15) is 10.8 Å². The molecule has 0 saturated carbocycles. The van der Waals surface area contributed by atoms with Crippen LogP contribution in [0.15, 0.2) is 30.6 Å². The lowest BCUT2D eigenvalue weighted by Gasteiger charge is -2.22.